The highest BCUT2D eigenvalue weighted by atomic mass is 16.6. The lowest BCUT2D eigenvalue weighted by atomic mass is 10.0. The summed E-state index contributed by atoms with van der Waals surface area (Å²) < 4.78 is 5.67. The summed E-state index contributed by atoms with van der Waals surface area (Å²) in [4.78, 5) is 58.3. The van der Waals surface area contributed by atoms with Crippen molar-refractivity contribution in [3.05, 3.63) is 77.6 Å². The smallest absolute Gasteiger partial charge is 0.323 e. The Hall–Kier alpha value is -4.11. The lowest BCUT2D eigenvalue weighted by Gasteiger charge is -2.29. The number of hydrogen-bond donors (Lipinski definition) is 2. The number of aromatic nitrogens is 1. The van der Waals surface area contributed by atoms with E-state index in [9.17, 15) is 19.2 Å². The first-order valence-corrected chi connectivity index (χ1v) is 14.0. The monoisotopic (exact) mass is 558 g/mol. The second-order valence-corrected chi connectivity index (χ2v) is 11.8. The van der Waals surface area contributed by atoms with Crippen molar-refractivity contribution in [2.45, 2.75) is 71.7 Å². The minimum absolute atomic E-state index is 0.00863. The molecule has 0 saturated heterocycles. The van der Waals surface area contributed by atoms with Crippen LogP contribution in [0.1, 0.15) is 73.7 Å². The lowest BCUT2D eigenvalue weighted by Crippen LogP contribution is -2.53. The Morgan fingerprint density at radius 1 is 0.951 bits per heavy atom. The number of nitrogens with zero attached hydrogens (tertiary/aromatic N) is 2. The molecule has 2 heterocycles. The highest BCUT2D eigenvalue weighted by molar-refractivity contribution is 6.23. The van der Waals surface area contributed by atoms with Crippen LogP contribution in [0, 0.1) is 5.92 Å². The van der Waals surface area contributed by atoms with E-state index in [-0.39, 0.29) is 24.8 Å². The van der Waals surface area contributed by atoms with E-state index in [2.05, 4.69) is 15.6 Å². The minimum Gasteiger partial charge on any atom is -0.459 e. The van der Waals surface area contributed by atoms with Crippen LogP contribution in [0.4, 0.5) is 0 Å². The maximum absolute atomic E-state index is 13.3. The van der Waals surface area contributed by atoms with Gasteiger partial charge in [0.1, 0.15) is 11.6 Å². The zero-order valence-corrected chi connectivity index (χ0v) is 24.3. The van der Waals surface area contributed by atoms with Gasteiger partial charge in [-0.25, -0.2) is 0 Å². The van der Waals surface area contributed by atoms with Crippen LogP contribution in [0.25, 0.3) is 10.8 Å². The van der Waals surface area contributed by atoms with E-state index in [1.54, 1.807) is 51.4 Å². The Morgan fingerprint density at radius 3 is 2.12 bits per heavy atom. The molecule has 2 N–H and O–H groups in total. The van der Waals surface area contributed by atoms with E-state index in [1.807, 2.05) is 44.2 Å². The van der Waals surface area contributed by atoms with Gasteiger partial charge in [-0.1, -0.05) is 44.2 Å². The van der Waals surface area contributed by atoms with Gasteiger partial charge in [0.15, 0.2) is 0 Å². The molecule has 1 aliphatic rings. The van der Waals surface area contributed by atoms with Crippen molar-refractivity contribution in [2.75, 3.05) is 6.54 Å². The normalized spacial score (nSPS) is 14.7. The fourth-order valence-corrected chi connectivity index (χ4v) is 4.86. The summed E-state index contributed by atoms with van der Waals surface area (Å²) in [5.74, 6) is -1.45. The largest absolute Gasteiger partial charge is 0.459 e. The van der Waals surface area contributed by atoms with Crippen LogP contribution in [-0.4, -0.2) is 57.8 Å². The SMILES string of the molecule is CC(C)C[C@H](N[C@H](CCN1C(=O)c2cc3ccccc3cc2C1=O)C(=O)OC(C)(C)C)C(=O)NCc1cccnc1. The van der Waals surface area contributed by atoms with Gasteiger partial charge in [0, 0.05) is 25.5 Å². The van der Waals surface area contributed by atoms with E-state index < -0.39 is 35.5 Å². The van der Waals surface area contributed by atoms with Crippen molar-refractivity contribution in [1.29, 1.82) is 0 Å². The van der Waals surface area contributed by atoms with Gasteiger partial charge < -0.3 is 10.1 Å². The molecule has 3 amide bonds. The van der Waals surface area contributed by atoms with Crippen LogP contribution in [0.15, 0.2) is 60.9 Å². The summed E-state index contributed by atoms with van der Waals surface area (Å²) in [7, 11) is 0. The first-order chi connectivity index (χ1) is 19.4. The van der Waals surface area contributed by atoms with Gasteiger partial charge in [-0.2, -0.15) is 0 Å². The number of esters is 1. The van der Waals surface area contributed by atoms with Crippen molar-refractivity contribution in [3.63, 3.8) is 0 Å². The molecule has 1 aromatic heterocycles. The first-order valence-electron chi connectivity index (χ1n) is 14.0. The maximum Gasteiger partial charge on any atom is 0.323 e. The fourth-order valence-electron chi connectivity index (χ4n) is 4.86. The van der Waals surface area contributed by atoms with E-state index in [0.29, 0.717) is 24.1 Å². The molecule has 3 aromatic rings. The molecule has 0 bridgehead atoms. The van der Waals surface area contributed by atoms with Crippen molar-refractivity contribution in [1.82, 2.24) is 20.5 Å². The number of ether oxygens (including phenoxy) is 1. The Bertz CT molecular complexity index is 1380. The molecule has 2 atom stereocenters. The molecule has 0 fully saturated rings. The average molecular weight is 559 g/mol. The lowest BCUT2D eigenvalue weighted by molar-refractivity contribution is -0.158. The number of rotatable bonds is 11. The van der Waals surface area contributed by atoms with Crippen molar-refractivity contribution in [3.8, 4) is 0 Å². The number of carbonyl (C=O) groups excluding carboxylic acids is 4. The molecule has 41 heavy (non-hydrogen) atoms. The molecule has 2 aromatic carbocycles. The first kappa shape index (κ1) is 29.9. The van der Waals surface area contributed by atoms with Crippen LogP contribution in [0.3, 0.4) is 0 Å². The van der Waals surface area contributed by atoms with Crippen LogP contribution >= 0.6 is 0 Å². The molecule has 0 unspecified atom stereocenters. The number of amides is 3. The molecular formula is C32H38N4O5. The Labute approximate surface area is 240 Å². The number of imide groups is 1. The van der Waals surface area contributed by atoms with Gasteiger partial charge >= 0.3 is 5.97 Å². The number of carbonyl (C=O) groups is 4. The Balaban J connectivity index is 1.51. The zero-order chi connectivity index (χ0) is 29.7. The van der Waals surface area contributed by atoms with Crippen LogP contribution < -0.4 is 10.6 Å². The van der Waals surface area contributed by atoms with E-state index in [4.69, 9.17) is 4.74 Å². The standard InChI is InChI=1S/C32H38N4O5/c1-20(2)15-27(28(37)34-19-21-9-8-13-33-18-21)35-26(31(40)41-32(3,4)5)12-14-36-29(38)24-16-22-10-6-7-11-23(22)17-25(24)30(36)39/h6-11,13,16-18,20,26-27,35H,12,14-15,19H2,1-5H3,(H,34,37)/t26-,27+/m1/s1. The molecule has 0 aliphatic carbocycles. The minimum atomic E-state index is -0.925. The molecule has 216 valence electrons. The predicted molar refractivity (Wildman–Crippen MR) is 156 cm³/mol. The highest BCUT2D eigenvalue weighted by Gasteiger charge is 2.37. The van der Waals surface area contributed by atoms with Gasteiger partial charge in [0.2, 0.25) is 5.91 Å². The summed E-state index contributed by atoms with van der Waals surface area (Å²) in [6.45, 7) is 9.58. The molecule has 4 rings (SSSR count). The van der Waals surface area contributed by atoms with Crippen molar-refractivity contribution in [2.24, 2.45) is 5.92 Å². The highest BCUT2D eigenvalue weighted by Crippen LogP contribution is 2.28. The number of nitrogens with one attached hydrogen (secondary N) is 2. The summed E-state index contributed by atoms with van der Waals surface area (Å²) in [5, 5.41) is 7.86. The number of pyridine rings is 1. The summed E-state index contributed by atoms with van der Waals surface area (Å²) >= 11 is 0. The third-order valence-electron chi connectivity index (χ3n) is 6.79. The predicted octanol–water partition coefficient (Wildman–Crippen LogP) is 4.25. The van der Waals surface area contributed by atoms with Crippen LogP contribution in [-0.2, 0) is 20.9 Å². The number of hydrogen-bond acceptors (Lipinski definition) is 7. The molecule has 9 nitrogen and oxygen atoms in total. The Morgan fingerprint density at radius 2 is 1.59 bits per heavy atom. The maximum atomic E-state index is 13.3. The van der Waals surface area contributed by atoms with Crippen molar-refractivity contribution >= 4 is 34.5 Å². The number of benzene rings is 2. The van der Waals surface area contributed by atoms with E-state index in [0.717, 1.165) is 16.3 Å². The van der Waals surface area contributed by atoms with Crippen molar-refractivity contribution < 1.29 is 23.9 Å². The van der Waals surface area contributed by atoms with E-state index >= 15 is 0 Å². The second-order valence-electron chi connectivity index (χ2n) is 11.8. The van der Waals surface area contributed by atoms with Gasteiger partial charge in [-0.05, 0) is 74.1 Å². The average Bonchev–Trinajstić information content (AvgIpc) is 3.15. The Kier molecular flexibility index (Phi) is 9.18. The van der Waals surface area contributed by atoms with E-state index in [1.165, 1.54) is 4.90 Å². The third-order valence-corrected chi connectivity index (χ3v) is 6.79. The molecule has 1 aliphatic heterocycles. The molecular weight excluding hydrogens is 520 g/mol. The summed E-state index contributed by atoms with van der Waals surface area (Å²) in [5.41, 5.74) is 0.792. The second kappa shape index (κ2) is 12.6. The topological polar surface area (TPSA) is 118 Å². The molecule has 9 heteroatoms. The van der Waals surface area contributed by atoms with Crippen LogP contribution in [0.5, 0.6) is 0 Å². The third kappa shape index (κ3) is 7.55. The van der Waals surface area contributed by atoms with Gasteiger partial charge in [-0.3, -0.25) is 34.4 Å². The summed E-state index contributed by atoms with van der Waals surface area (Å²) in [6.07, 6.45) is 3.90. The van der Waals surface area contributed by atoms with Gasteiger partial charge in [0.25, 0.3) is 11.8 Å². The zero-order valence-electron chi connectivity index (χ0n) is 24.3. The molecule has 0 radical (unpaired) electrons. The van der Waals surface area contributed by atoms with Gasteiger partial charge in [-0.15, -0.1) is 0 Å². The van der Waals surface area contributed by atoms with Crippen LogP contribution in [0.2, 0.25) is 0 Å². The quantitative estimate of drug-likeness (QED) is 0.267. The molecule has 0 spiro atoms. The summed E-state index contributed by atoms with van der Waals surface area (Å²) in [6, 6.07) is 13.1. The van der Waals surface area contributed by atoms with Gasteiger partial charge in [0.05, 0.1) is 17.2 Å². The fraction of sp³-hybridized carbons (Fsp3) is 0.406. The number of fused-ring (bicyclic) bond motifs is 2. The molecule has 0 saturated carbocycles.